The maximum atomic E-state index is 12.8. The van der Waals surface area contributed by atoms with Crippen LogP contribution in [-0.4, -0.2) is 47.1 Å². The molecule has 2 heterocycles. The molecule has 0 amide bonds. The lowest BCUT2D eigenvalue weighted by molar-refractivity contribution is 0.123. The van der Waals surface area contributed by atoms with E-state index in [1.165, 1.54) is 0 Å². The first-order chi connectivity index (χ1) is 10.7. The number of sulfonamides is 1. The predicted molar refractivity (Wildman–Crippen MR) is 83.0 cm³/mol. The van der Waals surface area contributed by atoms with Gasteiger partial charge in [0.1, 0.15) is 6.10 Å². The minimum absolute atomic E-state index is 0.135. The van der Waals surface area contributed by atoms with E-state index in [0.717, 1.165) is 44.9 Å². The van der Waals surface area contributed by atoms with E-state index in [2.05, 4.69) is 9.97 Å². The SMILES string of the molecule is O=S(=O)(C1CCCCC1)N1CCC[C@H](Oc2cnccn2)C1. The molecule has 22 heavy (non-hydrogen) atoms. The molecule has 0 spiro atoms. The van der Waals surface area contributed by atoms with E-state index in [-0.39, 0.29) is 11.4 Å². The van der Waals surface area contributed by atoms with Gasteiger partial charge >= 0.3 is 0 Å². The molecule has 1 aliphatic heterocycles. The highest BCUT2D eigenvalue weighted by atomic mass is 32.2. The molecular weight excluding hydrogens is 302 g/mol. The Morgan fingerprint density at radius 1 is 1.09 bits per heavy atom. The number of nitrogens with zero attached hydrogens (tertiary/aromatic N) is 3. The average Bonchev–Trinajstić information content (AvgIpc) is 2.57. The molecule has 2 aliphatic rings. The zero-order chi connectivity index (χ0) is 15.4. The fourth-order valence-electron chi connectivity index (χ4n) is 3.32. The van der Waals surface area contributed by atoms with Gasteiger partial charge in [0.25, 0.3) is 0 Å². The molecule has 2 fully saturated rings. The quantitative estimate of drug-likeness (QED) is 0.846. The number of hydrogen-bond donors (Lipinski definition) is 0. The summed E-state index contributed by atoms with van der Waals surface area (Å²) in [5, 5.41) is -0.198. The Kier molecular flexibility index (Phi) is 4.93. The number of ether oxygens (including phenoxy) is 1. The third-order valence-corrected chi connectivity index (χ3v) is 6.87. The molecule has 0 unspecified atom stereocenters. The molecule has 1 atom stereocenters. The van der Waals surface area contributed by atoms with Crippen molar-refractivity contribution in [3.63, 3.8) is 0 Å². The molecule has 3 rings (SSSR count). The summed E-state index contributed by atoms with van der Waals surface area (Å²) in [4.78, 5) is 8.07. The van der Waals surface area contributed by atoms with E-state index < -0.39 is 10.0 Å². The molecule has 1 aromatic rings. The van der Waals surface area contributed by atoms with Gasteiger partial charge in [0.05, 0.1) is 18.0 Å². The van der Waals surface area contributed by atoms with Crippen molar-refractivity contribution in [3.8, 4) is 5.88 Å². The van der Waals surface area contributed by atoms with E-state index in [0.29, 0.717) is 19.0 Å². The molecule has 1 aromatic heterocycles. The first-order valence-corrected chi connectivity index (χ1v) is 9.58. The zero-order valence-corrected chi connectivity index (χ0v) is 13.5. The summed E-state index contributed by atoms with van der Waals surface area (Å²) in [6.07, 6.45) is 11.1. The standard InChI is InChI=1S/C15H23N3O3S/c19-22(20,14-6-2-1-3-7-14)18-10-4-5-13(12-18)21-15-11-16-8-9-17-15/h8-9,11,13-14H,1-7,10,12H2/t13-/m0/s1. The lowest BCUT2D eigenvalue weighted by Crippen LogP contribution is -2.48. The van der Waals surface area contributed by atoms with Gasteiger partial charge < -0.3 is 4.74 Å². The summed E-state index contributed by atoms with van der Waals surface area (Å²) in [5.74, 6) is 0.462. The Labute approximate surface area is 132 Å². The largest absolute Gasteiger partial charge is 0.472 e. The summed E-state index contributed by atoms with van der Waals surface area (Å²) in [7, 11) is -3.19. The second-order valence-electron chi connectivity index (χ2n) is 6.09. The summed E-state index contributed by atoms with van der Waals surface area (Å²) < 4.78 is 33.0. The Morgan fingerprint density at radius 3 is 2.64 bits per heavy atom. The van der Waals surface area contributed by atoms with Gasteiger partial charge in [-0.3, -0.25) is 4.98 Å². The molecule has 0 aromatic carbocycles. The third-order valence-electron chi connectivity index (χ3n) is 4.50. The van der Waals surface area contributed by atoms with Gasteiger partial charge in [-0.1, -0.05) is 19.3 Å². The zero-order valence-electron chi connectivity index (χ0n) is 12.7. The van der Waals surface area contributed by atoms with Crippen molar-refractivity contribution >= 4 is 10.0 Å². The van der Waals surface area contributed by atoms with Crippen LogP contribution in [0.4, 0.5) is 0 Å². The fourth-order valence-corrected chi connectivity index (χ4v) is 5.43. The van der Waals surface area contributed by atoms with Crippen molar-refractivity contribution in [3.05, 3.63) is 18.6 Å². The van der Waals surface area contributed by atoms with Crippen LogP contribution in [-0.2, 0) is 10.0 Å². The van der Waals surface area contributed by atoms with E-state index in [4.69, 9.17) is 4.74 Å². The van der Waals surface area contributed by atoms with Gasteiger partial charge in [0.15, 0.2) is 0 Å². The molecule has 1 saturated carbocycles. The maximum Gasteiger partial charge on any atom is 0.232 e. The van der Waals surface area contributed by atoms with Gasteiger partial charge in [0, 0.05) is 18.9 Å². The van der Waals surface area contributed by atoms with Crippen molar-refractivity contribution < 1.29 is 13.2 Å². The molecule has 7 heteroatoms. The predicted octanol–water partition coefficient (Wildman–Crippen LogP) is 1.98. The summed E-state index contributed by atoms with van der Waals surface area (Å²) in [6, 6.07) is 0. The van der Waals surface area contributed by atoms with Gasteiger partial charge in [-0.2, -0.15) is 4.31 Å². The Bertz CT molecular complexity index is 573. The topological polar surface area (TPSA) is 72.4 Å². The summed E-state index contributed by atoms with van der Waals surface area (Å²) in [5.41, 5.74) is 0. The first kappa shape index (κ1) is 15.7. The molecular formula is C15H23N3O3S. The first-order valence-electron chi connectivity index (χ1n) is 8.08. The second-order valence-corrected chi connectivity index (χ2v) is 8.30. The van der Waals surface area contributed by atoms with Crippen LogP contribution in [0.1, 0.15) is 44.9 Å². The maximum absolute atomic E-state index is 12.8. The van der Waals surface area contributed by atoms with E-state index in [1.807, 2.05) is 0 Å². The van der Waals surface area contributed by atoms with Crippen LogP contribution in [0.5, 0.6) is 5.88 Å². The lowest BCUT2D eigenvalue weighted by Gasteiger charge is -2.35. The number of piperidine rings is 1. The third kappa shape index (κ3) is 3.57. The minimum Gasteiger partial charge on any atom is -0.472 e. The van der Waals surface area contributed by atoms with Crippen LogP contribution in [0.2, 0.25) is 0 Å². The molecule has 122 valence electrons. The van der Waals surface area contributed by atoms with Crippen LogP contribution >= 0.6 is 0 Å². The molecule has 1 aliphatic carbocycles. The number of hydrogen-bond acceptors (Lipinski definition) is 5. The Hall–Kier alpha value is -1.21. The molecule has 0 N–H and O–H groups in total. The van der Waals surface area contributed by atoms with Crippen LogP contribution < -0.4 is 4.74 Å². The van der Waals surface area contributed by atoms with Crippen LogP contribution in [0, 0.1) is 0 Å². The average molecular weight is 325 g/mol. The number of aromatic nitrogens is 2. The van der Waals surface area contributed by atoms with E-state index in [1.54, 1.807) is 22.9 Å². The lowest BCUT2D eigenvalue weighted by atomic mass is 10.0. The van der Waals surface area contributed by atoms with Crippen LogP contribution in [0.3, 0.4) is 0 Å². The Morgan fingerprint density at radius 2 is 1.91 bits per heavy atom. The molecule has 0 radical (unpaired) electrons. The second kappa shape index (κ2) is 6.91. The van der Waals surface area contributed by atoms with Crippen molar-refractivity contribution in [1.82, 2.24) is 14.3 Å². The van der Waals surface area contributed by atoms with Gasteiger partial charge in [0.2, 0.25) is 15.9 Å². The highest BCUT2D eigenvalue weighted by Crippen LogP contribution is 2.28. The van der Waals surface area contributed by atoms with Gasteiger partial charge in [-0.25, -0.2) is 13.4 Å². The fraction of sp³-hybridized carbons (Fsp3) is 0.733. The van der Waals surface area contributed by atoms with Crippen molar-refractivity contribution in [2.24, 2.45) is 0 Å². The minimum atomic E-state index is -3.19. The van der Waals surface area contributed by atoms with E-state index >= 15 is 0 Å². The number of rotatable bonds is 4. The van der Waals surface area contributed by atoms with Crippen molar-refractivity contribution in [2.75, 3.05) is 13.1 Å². The molecule has 1 saturated heterocycles. The summed E-state index contributed by atoms with van der Waals surface area (Å²) in [6.45, 7) is 1.04. The molecule has 6 nitrogen and oxygen atoms in total. The van der Waals surface area contributed by atoms with Crippen LogP contribution in [0.15, 0.2) is 18.6 Å². The van der Waals surface area contributed by atoms with Crippen molar-refractivity contribution in [2.45, 2.75) is 56.3 Å². The monoisotopic (exact) mass is 325 g/mol. The smallest absolute Gasteiger partial charge is 0.232 e. The highest BCUT2D eigenvalue weighted by molar-refractivity contribution is 7.89. The molecule has 0 bridgehead atoms. The summed E-state index contributed by atoms with van der Waals surface area (Å²) >= 11 is 0. The van der Waals surface area contributed by atoms with Crippen molar-refractivity contribution in [1.29, 1.82) is 0 Å². The van der Waals surface area contributed by atoms with Gasteiger partial charge in [-0.05, 0) is 25.7 Å². The normalized spacial score (nSPS) is 25.0. The van der Waals surface area contributed by atoms with Crippen LogP contribution in [0.25, 0.3) is 0 Å². The highest BCUT2D eigenvalue weighted by Gasteiger charge is 2.36. The van der Waals surface area contributed by atoms with Gasteiger partial charge in [-0.15, -0.1) is 0 Å². The Balaban J connectivity index is 1.64. The van der Waals surface area contributed by atoms with E-state index in [9.17, 15) is 8.42 Å².